The van der Waals surface area contributed by atoms with Crippen molar-refractivity contribution in [3.63, 3.8) is 0 Å². The van der Waals surface area contributed by atoms with Gasteiger partial charge < -0.3 is 0 Å². The Kier molecular flexibility index (Phi) is 2.56. The zero-order chi connectivity index (χ0) is 7.61. The molecule has 2 unspecified atom stereocenters. The van der Waals surface area contributed by atoms with Gasteiger partial charge >= 0.3 is 0 Å². The van der Waals surface area contributed by atoms with E-state index in [0.29, 0.717) is 5.41 Å². The van der Waals surface area contributed by atoms with Crippen molar-refractivity contribution >= 4 is 15.9 Å². The van der Waals surface area contributed by atoms with Crippen molar-refractivity contribution < 1.29 is 0 Å². The van der Waals surface area contributed by atoms with Crippen LogP contribution in [0.1, 0.15) is 26.2 Å². The predicted molar refractivity (Wildman–Crippen MR) is 49.4 cm³/mol. The van der Waals surface area contributed by atoms with E-state index in [1.807, 2.05) is 6.08 Å². The molecule has 1 aliphatic carbocycles. The fourth-order valence-electron chi connectivity index (χ4n) is 1.54. The second kappa shape index (κ2) is 3.08. The van der Waals surface area contributed by atoms with Gasteiger partial charge in [0.15, 0.2) is 0 Å². The zero-order valence-corrected chi connectivity index (χ0v) is 8.15. The van der Waals surface area contributed by atoms with Crippen LogP contribution in [-0.4, -0.2) is 5.33 Å². The Balaban J connectivity index is 2.29. The van der Waals surface area contributed by atoms with Crippen molar-refractivity contribution in [3.8, 4) is 0 Å². The molecule has 0 radical (unpaired) electrons. The van der Waals surface area contributed by atoms with Crippen LogP contribution in [0, 0.1) is 11.3 Å². The lowest BCUT2D eigenvalue weighted by molar-refractivity contribution is 0.493. The average molecular weight is 203 g/mol. The number of alkyl halides is 1. The van der Waals surface area contributed by atoms with E-state index in [9.17, 15) is 0 Å². The van der Waals surface area contributed by atoms with Gasteiger partial charge in [0.25, 0.3) is 0 Å². The molecule has 58 valence electrons. The summed E-state index contributed by atoms with van der Waals surface area (Å²) in [4.78, 5) is 0. The largest absolute Gasteiger partial charge is 0.103 e. The summed E-state index contributed by atoms with van der Waals surface area (Å²) in [5.41, 5.74) is 0.647. The van der Waals surface area contributed by atoms with Crippen molar-refractivity contribution in [1.29, 1.82) is 0 Å². The summed E-state index contributed by atoms with van der Waals surface area (Å²) in [6.07, 6.45) is 5.93. The van der Waals surface area contributed by atoms with Crippen LogP contribution in [-0.2, 0) is 0 Å². The second-order valence-corrected chi connectivity index (χ2v) is 3.99. The number of hydrogen-bond donors (Lipinski definition) is 0. The third-order valence-electron chi connectivity index (χ3n) is 2.71. The van der Waals surface area contributed by atoms with E-state index in [2.05, 4.69) is 29.4 Å². The molecule has 0 aromatic carbocycles. The highest BCUT2D eigenvalue weighted by Gasteiger charge is 2.48. The lowest BCUT2D eigenvalue weighted by Crippen LogP contribution is -2.03. The smallest absolute Gasteiger partial charge is 0.00907 e. The summed E-state index contributed by atoms with van der Waals surface area (Å²) >= 11 is 3.57. The van der Waals surface area contributed by atoms with Gasteiger partial charge in [0, 0.05) is 5.33 Å². The van der Waals surface area contributed by atoms with Gasteiger partial charge in [-0.25, -0.2) is 0 Å². The molecule has 0 nitrogen and oxygen atoms in total. The molecule has 0 amide bonds. The fraction of sp³-hybridized carbons (Fsp3) is 0.778. The van der Waals surface area contributed by atoms with Gasteiger partial charge in [-0.1, -0.05) is 28.9 Å². The van der Waals surface area contributed by atoms with Gasteiger partial charge in [-0.3, -0.25) is 0 Å². The number of hydrogen-bond acceptors (Lipinski definition) is 0. The quantitative estimate of drug-likeness (QED) is 0.485. The van der Waals surface area contributed by atoms with E-state index in [1.165, 1.54) is 24.6 Å². The molecule has 10 heavy (non-hydrogen) atoms. The van der Waals surface area contributed by atoms with Crippen LogP contribution in [0.15, 0.2) is 12.7 Å². The molecule has 0 saturated heterocycles. The Labute approximate surface area is 71.8 Å². The van der Waals surface area contributed by atoms with Gasteiger partial charge in [-0.05, 0) is 30.6 Å². The van der Waals surface area contributed by atoms with Gasteiger partial charge in [0.1, 0.15) is 0 Å². The monoisotopic (exact) mass is 202 g/mol. The maximum atomic E-state index is 3.74. The normalized spacial score (nSPS) is 37.6. The van der Waals surface area contributed by atoms with Crippen LogP contribution in [0.4, 0.5) is 0 Å². The maximum Gasteiger partial charge on any atom is 0.00907 e. The lowest BCUT2D eigenvalue weighted by atomic mass is 10.0. The topological polar surface area (TPSA) is 0 Å². The summed E-state index contributed by atoms with van der Waals surface area (Å²) < 4.78 is 0. The van der Waals surface area contributed by atoms with Gasteiger partial charge in [0.2, 0.25) is 0 Å². The van der Waals surface area contributed by atoms with Gasteiger partial charge in [-0.15, -0.1) is 6.58 Å². The van der Waals surface area contributed by atoms with Gasteiger partial charge in [0.05, 0.1) is 0 Å². The highest BCUT2D eigenvalue weighted by atomic mass is 79.9. The van der Waals surface area contributed by atoms with Crippen LogP contribution in [0.5, 0.6) is 0 Å². The number of allylic oxidation sites excluding steroid dienone is 1. The Morgan fingerprint density at radius 1 is 1.80 bits per heavy atom. The predicted octanol–water partition coefficient (Wildman–Crippen LogP) is 3.37. The SMILES string of the molecule is C=CCCC1(CBr)CC1C. The van der Waals surface area contributed by atoms with Crippen LogP contribution in [0.25, 0.3) is 0 Å². The summed E-state index contributed by atoms with van der Waals surface area (Å²) in [6, 6.07) is 0. The molecule has 2 atom stereocenters. The number of rotatable bonds is 4. The molecule has 1 heteroatoms. The number of halogens is 1. The molecule has 1 aliphatic rings. The molecule has 1 rings (SSSR count). The molecular formula is C9H15Br. The minimum Gasteiger partial charge on any atom is -0.103 e. The van der Waals surface area contributed by atoms with Crippen LogP contribution >= 0.6 is 15.9 Å². The summed E-state index contributed by atoms with van der Waals surface area (Å²) in [5.74, 6) is 0.937. The highest BCUT2D eigenvalue weighted by Crippen LogP contribution is 2.56. The summed E-state index contributed by atoms with van der Waals surface area (Å²) in [6.45, 7) is 6.07. The van der Waals surface area contributed by atoms with Crippen molar-refractivity contribution in [2.45, 2.75) is 26.2 Å². The zero-order valence-electron chi connectivity index (χ0n) is 6.57. The summed E-state index contributed by atoms with van der Waals surface area (Å²) in [5, 5.41) is 1.18. The molecule has 1 saturated carbocycles. The van der Waals surface area contributed by atoms with Crippen LogP contribution in [0.2, 0.25) is 0 Å². The van der Waals surface area contributed by atoms with E-state index in [4.69, 9.17) is 0 Å². The molecular weight excluding hydrogens is 188 g/mol. The van der Waals surface area contributed by atoms with Crippen molar-refractivity contribution in [3.05, 3.63) is 12.7 Å². The third kappa shape index (κ3) is 1.45. The minimum atomic E-state index is 0.647. The van der Waals surface area contributed by atoms with E-state index in [-0.39, 0.29) is 0 Å². The standard InChI is InChI=1S/C9H15Br/c1-3-4-5-9(7-10)6-8(9)2/h3,8H,1,4-7H2,2H3. The van der Waals surface area contributed by atoms with Crippen molar-refractivity contribution in [2.75, 3.05) is 5.33 Å². The molecule has 0 aromatic heterocycles. The first kappa shape index (κ1) is 8.32. The minimum absolute atomic E-state index is 0.647. The van der Waals surface area contributed by atoms with E-state index >= 15 is 0 Å². The Morgan fingerprint density at radius 3 is 2.70 bits per heavy atom. The Bertz CT molecular complexity index is 127. The molecule has 0 aliphatic heterocycles. The average Bonchev–Trinajstić information content (AvgIpc) is 2.59. The molecule has 0 spiro atoms. The first-order valence-corrected chi connectivity index (χ1v) is 5.04. The molecule has 0 aromatic rings. The van der Waals surface area contributed by atoms with E-state index < -0.39 is 0 Å². The Morgan fingerprint density at radius 2 is 2.40 bits per heavy atom. The van der Waals surface area contributed by atoms with Gasteiger partial charge in [-0.2, -0.15) is 0 Å². The molecule has 0 heterocycles. The highest BCUT2D eigenvalue weighted by molar-refractivity contribution is 9.09. The first-order chi connectivity index (χ1) is 4.75. The van der Waals surface area contributed by atoms with E-state index in [0.717, 1.165) is 5.92 Å². The second-order valence-electron chi connectivity index (χ2n) is 3.43. The summed E-state index contributed by atoms with van der Waals surface area (Å²) in [7, 11) is 0. The third-order valence-corrected chi connectivity index (χ3v) is 3.83. The fourth-order valence-corrected chi connectivity index (χ4v) is 2.60. The molecule has 1 fully saturated rings. The first-order valence-electron chi connectivity index (χ1n) is 3.92. The van der Waals surface area contributed by atoms with Crippen LogP contribution < -0.4 is 0 Å². The van der Waals surface area contributed by atoms with Crippen molar-refractivity contribution in [1.82, 2.24) is 0 Å². The van der Waals surface area contributed by atoms with Crippen molar-refractivity contribution in [2.24, 2.45) is 11.3 Å². The van der Waals surface area contributed by atoms with E-state index in [1.54, 1.807) is 0 Å². The molecule has 0 N–H and O–H groups in total. The maximum absolute atomic E-state index is 3.74. The molecule has 0 bridgehead atoms. The Hall–Kier alpha value is 0.220. The van der Waals surface area contributed by atoms with Crippen LogP contribution in [0.3, 0.4) is 0 Å². The lowest BCUT2D eigenvalue weighted by Gasteiger charge is -2.09.